The van der Waals surface area contributed by atoms with Crippen molar-refractivity contribution < 1.29 is 9.32 Å². The Morgan fingerprint density at radius 3 is 2.63 bits per heavy atom. The molecule has 30 heavy (non-hydrogen) atoms. The highest BCUT2D eigenvalue weighted by Gasteiger charge is 2.16. The zero-order chi connectivity index (χ0) is 21.3. The largest absolute Gasteiger partial charge is 0.360 e. The maximum atomic E-state index is 13.3. The molecule has 2 aromatic heterocycles. The van der Waals surface area contributed by atoms with E-state index in [9.17, 15) is 9.59 Å². The van der Waals surface area contributed by atoms with Gasteiger partial charge in [-0.25, -0.2) is 4.98 Å². The number of fused-ring (bicyclic) bond motifs is 1. The monoisotopic (exact) mass is 420 g/mol. The van der Waals surface area contributed by atoms with Crippen LogP contribution in [-0.2, 0) is 4.79 Å². The van der Waals surface area contributed by atoms with Gasteiger partial charge in [0.1, 0.15) is 5.76 Å². The van der Waals surface area contributed by atoms with E-state index >= 15 is 0 Å². The minimum Gasteiger partial charge on any atom is -0.360 e. The van der Waals surface area contributed by atoms with Gasteiger partial charge in [0.15, 0.2) is 11.0 Å². The van der Waals surface area contributed by atoms with Crippen LogP contribution in [0.25, 0.3) is 16.6 Å². The number of hydrogen-bond donors (Lipinski definition) is 1. The first-order valence-electron chi connectivity index (χ1n) is 9.38. The average Bonchev–Trinajstić information content (AvgIpc) is 3.13. The molecule has 7 nitrogen and oxygen atoms in total. The number of para-hydroxylation sites is 1. The molecule has 0 fully saturated rings. The summed E-state index contributed by atoms with van der Waals surface area (Å²) in [6.07, 6.45) is 0. The third-order valence-corrected chi connectivity index (χ3v) is 5.66. The lowest BCUT2D eigenvalue weighted by atomic mass is 10.1. The Labute approximate surface area is 177 Å². The summed E-state index contributed by atoms with van der Waals surface area (Å²) in [5.41, 5.74) is 3.35. The number of benzene rings is 2. The second-order valence-corrected chi connectivity index (χ2v) is 7.92. The number of rotatable bonds is 5. The van der Waals surface area contributed by atoms with Crippen LogP contribution in [0.1, 0.15) is 16.9 Å². The van der Waals surface area contributed by atoms with Crippen molar-refractivity contribution in [3.05, 3.63) is 75.8 Å². The molecular weight excluding hydrogens is 400 g/mol. The van der Waals surface area contributed by atoms with Gasteiger partial charge < -0.3 is 9.84 Å². The van der Waals surface area contributed by atoms with Crippen molar-refractivity contribution in [2.24, 2.45) is 0 Å². The van der Waals surface area contributed by atoms with Crippen molar-refractivity contribution >= 4 is 34.4 Å². The Hall–Kier alpha value is -3.39. The SMILES string of the molecule is Cc1cc(NC(=O)CSc2nc3ccccc3c(=O)n2-c2ccc(C)c(C)c2)no1. The number of aromatic nitrogens is 3. The Balaban J connectivity index is 1.71. The smallest absolute Gasteiger partial charge is 0.266 e. The van der Waals surface area contributed by atoms with E-state index in [0.29, 0.717) is 27.6 Å². The molecule has 8 heteroatoms. The molecule has 0 unspecified atom stereocenters. The van der Waals surface area contributed by atoms with Crippen LogP contribution in [0.2, 0.25) is 0 Å². The van der Waals surface area contributed by atoms with E-state index in [1.165, 1.54) is 11.8 Å². The maximum absolute atomic E-state index is 13.3. The predicted molar refractivity (Wildman–Crippen MR) is 117 cm³/mol. The van der Waals surface area contributed by atoms with E-state index in [0.717, 1.165) is 16.8 Å². The molecule has 1 amide bonds. The van der Waals surface area contributed by atoms with Gasteiger partial charge in [-0.05, 0) is 56.2 Å². The van der Waals surface area contributed by atoms with Crippen molar-refractivity contribution in [2.45, 2.75) is 25.9 Å². The fraction of sp³-hybridized carbons (Fsp3) is 0.182. The Bertz CT molecular complexity index is 1310. The molecule has 2 heterocycles. The minimum absolute atomic E-state index is 0.0710. The molecule has 0 bridgehead atoms. The van der Waals surface area contributed by atoms with Gasteiger partial charge in [-0.2, -0.15) is 0 Å². The van der Waals surface area contributed by atoms with Crippen LogP contribution in [0.5, 0.6) is 0 Å². The van der Waals surface area contributed by atoms with Gasteiger partial charge in [0.05, 0.1) is 22.3 Å². The fourth-order valence-electron chi connectivity index (χ4n) is 3.04. The van der Waals surface area contributed by atoms with E-state index < -0.39 is 0 Å². The number of aryl methyl sites for hydroxylation is 3. The summed E-state index contributed by atoms with van der Waals surface area (Å²) < 4.78 is 6.52. The van der Waals surface area contributed by atoms with E-state index in [-0.39, 0.29) is 17.2 Å². The molecule has 0 saturated heterocycles. The highest BCUT2D eigenvalue weighted by Crippen LogP contribution is 2.23. The molecule has 0 aliphatic carbocycles. The molecule has 1 N–H and O–H groups in total. The lowest BCUT2D eigenvalue weighted by Crippen LogP contribution is -2.23. The van der Waals surface area contributed by atoms with Crippen LogP contribution < -0.4 is 10.9 Å². The molecule has 0 spiro atoms. The summed E-state index contributed by atoms with van der Waals surface area (Å²) in [7, 11) is 0. The highest BCUT2D eigenvalue weighted by atomic mass is 32.2. The van der Waals surface area contributed by atoms with Crippen LogP contribution in [-0.4, -0.2) is 26.4 Å². The van der Waals surface area contributed by atoms with E-state index in [1.54, 1.807) is 29.7 Å². The summed E-state index contributed by atoms with van der Waals surface area (Å²) >= 11 is 1.20. The first-order chi connectivity index (χ1) is 14.4. The molecule has 4 aromatic rings. The van der Waals surface area contributed by atoms with Gasteiger partial charge in [0.2, 0.25) is 5.91 Å². The van der Waals surface area contributed by atoms with E-state index in [1.807, 2.05) is 44.2 Å². The summed E-state index contributed by atoms with van der Waals surface area (Å²) in [5.74, 6) is 0.776. The maximum Gasteiger partial charge on any atom is 0.266 e. The fourth-order valence-corrected chi connectivity index (χ4v) is 3.85. The van der Waals surface area contributed by atoms with Crippen LogP contribution in [0.3, 0.4) is 0 Å². The number of hydrogen-bond acceptors (Lipinski definition) is 6. The molecule has 152 valence electrons. The zero-order valence-corrected chi connectivity index (χ0v) is 17.6. The van der Waals surface area contributed by atoms with Crippen LogP contribution >= 0.6 is 11.8 Å². The Morgan fingerprint density at radius 2 is 1.90 bits per heavy atom. The first-order valence-corrected chi connectivity index (χ1v) is 10.4. The normalized spacial score (nSPS) is 11.0. The molecule has 0 radical (unpaired) electrons. The highest BCUT2D eigenvalue weighted by molar-refractivity contribution is 7.99. The molecule has 4 rings (SSSR count). The molecule has 0 aliphatic heterocycles. The van der Waals surface area contributed by atoms with Gasteiger partial charge in [0, 0.05) is 6.07 Å². The summed E-state index contributed by atoms with van der Waals surface area (Å²) in [6, 6.07) is 14.7. The van der Waals surface area contributed by atoms with Gasteiger partial charge in [-0.15, -0.1) is 0 Å². The van der Waals surface area contributed by atoms with Crippen molar-refractivity contribution in [2.75, 3.05) is 11.1 Å². The molecule has 2 aromatic carbocycles. The lowest BCUT2D eigenvalue weighted by Gasteiger charge is -2.14. The van der Waals surface area contributed by atoms with E-state index in [2.05, 4.69) is 15.5 Å². The third-order valence-electron chi connectivity index (χ3n) is 4.72. The van der Waals surface area contributed by atoms with Crippen molar-refractivity contribution in [3.63, 3.8) is 0 Å². The quantitative estimate of drug-likeness (QED) is 0.387. The number of nitrogens with one attached hydrogen (secondary N) is 1. The van der Waals surface area contributed by atoms with Crippen LogP contribution in [0.4, 0.5) is 5.82 Å². The number of anilines is 1. The Kier molecular flexibility index (Phi) is 5.41. The second kappa shape index (κ2) is 8.16. The zero-order valence-electron chi connectivity index (χ0n) is 16.8. The number of thioether (sulfide) groups is 1. The average molecular weight is 420 g/mol. The molecule has 0 aliphatic rings. The topological polar surface area (TPSA) is 90.0 Å². The number of nitrogens with zero attached hydrogens (tertiary/aromatic N) is 3. The first kappa shape index (κ1) is 19.9. The van der Waals surface area contributed by atoms with Crippen LogP contribution in [0.15, 0.2) is 63.0 Å². The van der Waals surface area contributed by atoms with Crippen molar-refractivity contribution in [3.8, 4) is 5.69 Å². The number of carbonyl (C=O) groups is 1. The number of carbonyl (C=O) groups excluding carboxylic acids is 1. The number of amides is 1. The Morgan fingerprint density at radius 1 is 1.10 bits per heavy atom. The molecule has 0 saturated carbocycles. The van der Waals surface area contributed by atoms with Crippen LogP contribution in [0, 0.1) is 20.8 Å². The predicted octanol–water partition coefficient (Wildman–Crippen LogP) is 4.03. The minimum atomic E-state index is -0.262. The standard InChI is InChI=1S/C22H20N4O3S/c1-13-8-9-16(10-14(13)2)26-21(28)17-6-4-5-7-18(17)23-22(26)30-12-20(27)24-19-11-15(3)29-25-19/h4-11H,12H2,1-3H3,(H,24,25,27). The lowest BCUT2D eigenvalue weighted by molar-refractivity contribution is -0.113. The summed E-state index contributed by atoms with van der Waals surface area (Å²) in [6.45, 7) is 5.77. The molecule has 0 atom stereocenters. The van der Waals surface area contributed by atoms with Crippen molar-refractivity contribution in [1.29, 1.82) is 0 Å². The van der Waals surface area contributed by atoms with Gasteiger partial charge in [0.25, 0.3) is 5.56 Å². The summed E-state index contributed by atoms with van der Waals surface area (Å²) in [4.78, 5) is 30.3. The van der Waals surface area contributed by atoms with Gasteiger partial charge in [-0.3, -0.25) is 14.2 Å². The summed E-state index contributed by atoms with van der Waals surface area (Å²) in [5, 5.41) is 7.43. The van der Waals surface area contributed by atoms with E-state index in [4.69, 9.17) is 4.52 Å². The third kappa shape index (κ3) is 3.99. The second-order valence-electron chi connectivity index (χ2n) is 6.98. The van der Waals surface area contributed by atoms with Gasteiger partial charge in [-0.1, -0.05) is 35.1 Å². The molecular formula is C22H20N4O3S. The van der Waals surface area contributed by atoms with Crippen molar-refractivity contribution in [1.82, 2.24) is 14.7 Å². The van der Waals surface area contributed by atoms with Gasteiger partial charge >= 0.3 is 0 Å².